The molecule has 0 bridgehead atoms. The van der Waals surface area contributed by atoms with E-state index in [-0.39, 0.29) is 11.1 Å². The number of halogens is 2. The molecular weight excluding hydrogens is 262 g/mol. The molecule has 0 atom stereocenters. The summed E-state index contributed by atoms with van der Waals surface area (Å²) in [6.07, 6.45) is 0. The fourth-order valence-corrected chi connectivity index (χ4v) is 2.29. The lowest BCUT2D eigenvalue weighted by molar-refractivity contribution is 0.103. The van der Waals surface area contributed by atoms with Crippen LogP contribution >= 0.6 is 0 Å². The van der Waals surface area contributed by atoms with Crippen molar-refractivity contribution in [3.63, 3.8) is 0 Å². The van der Waals surface area contributed by atoms with Crippen molar-refractivity contribution in [2.75, 3.05) is 0 Å². The van der Waals surface area contributed by atoms with Crippen molar-refractivity contribution < 1.29 is 18.3 Å². The van der Waals surface area contributed by atoms with Crippen LogP contribution in [0.25, 0.3) is 0 Å². The van der Waals surface area contributed by atoms with E-state index in [0.29, 0.717) is 18.8 Å². The minimum Gasteiger partial charge on any atom is -0.372 e. The van der Waals surface area contributed by atoms with Crippen LogP contribution in [0.1, 0.15) is 32.6 Å². The van der Waals surface area contributed by atoms with Crippen molar-refractivity contribution in [3.8, 4) is 0 Å². The number of ketones is 1. The van der Waals surface area contributed by atoms with Gasteiger partial charge in [0.2, 0.25) is 0 Å². The monoisotopic (exact) mass is 274 g/mol. The van der Waals surface area contributed by atoms with Crippen LogP contribution in [0.4, 0.5) is 8.78 Å². The zero-order valence-electron chi connectivity index (χ0n) is 10.9. The van der Waals surface area contributed by atoms with Crippen molar-refractivity contribution in [1.82, 2.24) is 0 Å². The molecule has 4 heteroatoms. The molecule has 0 saturated carbocycles. The SMILES string of the molecule is Cc1cc(F)c(C(=O)c2ccc3c(c2)COC3)cc1F. The molecule has 0 aromatic heterocycles. The van der Waals surface area contributed by atoms with Gasteiger partial charge in [0.1, 0.15) is 11.6 Å². The summed E-state index contributed by atoms with van der Waals surface area (Å²) in [6, 6.07) is 7.09. The van der Waals surface area contributed by atoms with Crippen molar-refractivity contribution >= 4 is 5.78 Å². The molecule has 2 aromatic rings. The number of carbonyl (C=O) groups is 1. The van der Waals surface area contributed by atoms with Gasteiger partial charge in [0, 0.05) is 5.56 Å². The van der Waals surface area contributed by atoms with E-state index < -0.39 is 17.4 Å². The second-order valence-electron chi connectivity index (χ2n) is 4.89. The Labute approximate surface area is 115 Å². The zero-order chi connectivity index (χ0) is 14.3. The Hall–Kier alpha value is -2.07. The summed E-state index contributed by atoms with van der Waals surface area (Å²) in [4.78, 5) is 12.3. The number of carbonyl (C=O) groups excluding carboxylic acids is 1. The summed E-state index contributed by atoms with van der Waals surface area (Å²) in [5.41, 5.74) is 2.23. The van der Waals surface area contributed by atoms with E-state index in [1.165, 1.54) is 6.92 Å². The molecule has 0 N–H and O–H groups in total. The molecule has 0 fully saturated rings. The maximum Gasteiger partial charge on any atom is 0.196 e. The van der Waals surface area contributed by atoms with Crippen LogP contribution in [-0.4, -0.2) is 5.78 Å². The average molecular weight is 274 g/mol. The van der Waals surface area contributed by atoms with Gasteiger partial charge >= 0.3 is 0 Å². The molecule has 1 aliphatic heterocycles. The summed E-state index contributed by atoms with van der Waals surface area (Å²) in [5, 5.41) is 0. The Balaban J connectivity index is 2.03. The number of rotatable bonds is 2. The number of benzene rings is 2. The highest BCUT2D eigenvalue weighted by molar-refractivity contribution is 6.09. The van der Waals surface area contributed by atoms with Crippen molar-refractivity contribution in [3.05, 3.63) is 69.8 Å². The maximum absolute atomic E-state index is 13.8. The normalized spacial score (nSPS) is 13.3. The molecule has 0 saturated heterocycles. The Kier molecular flexibility index (Phi) is 3.10. The third kappa shape index (κ3) is 2.12. The fourth-order valence-electron chi connectivity index (χ4n) is 2.29. The van der Waals surface area contributed by atoms with Gasteiger partial charge in [-0.3, -0.25) is 4.79 Å². The number of aryl methyl sites for hydroxylation is 1. The highest BCUT2D eigenvalue weighted by Gasteiger charge is 2.19. The first kappa shape index (κ1) is 12.9. The van der Waals surface area contributed by atoms with Gasteiger partial charge in [-0.05, 0) is 41.8 Å². The molecule has 1 aliphatic rings. The summed E-state index contributed by atoms with van der Waals surface area (Å²) < 4.78 is 32.6. The van der Waals surface area contributed by atoms with Crippen molar-refractivity contribution in [1.29, 1.82) is 0 Å². The van der Waals surface area contributed by atoms with Crippen LogP contribution in [0.15, 0.2) is 30.3 Å². The predicted octanol–water partition coefficient (Wildman–Crippen LogP) is 3.53. The molecule has 2 nitrogen and oxygen atoms in total. The van der Waals surface area contributed by atoms with Crippen LogP contribution in [-0.2, 0) is 18.0 Å². The smallest absolute Gasteiger partial charge is 0.196 e. The molecule has 0 spiro atoms. The van der Waals surface area contributed by atoms with E-state index in [9.17, 15) is 13.6 Å². The number of fused-ring (bicyclic) bond motifs is 1. The van der Waals surface area contributed by atoms with E-state index in [1.807, 2.05) is 0 Å². The Morgan fingerprint density at radius 1 is 1.05 bits per heavy atom. The van der Waals surface area contributed by atoms with Gasteiger partial charge in [0.25, 0.3) is 0 Å². The van der Waals surface area contributed by atoms with Gasteiger partial charge in [-0.15, -0.1) is 0 Å². The van der Waals surface area contributed by atoms with Crippen LogP contribution in [0.3, 0.4) is 0 Å². The first-order valence-electron chi connectivity index (χ1n) is 6.26. The number of hydrogen-bond donors (Lipinski definition) is 0. The number of hydrogen-bond acceptors (Lipinski definition) is 2. The molecule has 2 aromatic carbocycles. The van der Waals surface area contributed by atoms with Gasteiger partial charge in [-0.2, -0.15) is 0 Å². The summed E-state index contributed by atoms with van der Waals surface area (Å²) in [5.74, 6) is -1.80. The molecule has 0 amide bonds. The van der Waals surface area contributed by atoms with Gasteiger partial charge < -0.3 is 4.74 Å². The van der Waals surface area contributed by atoms with E-state index in [0.717, 1.165) is 23.3 Å². The highest BCUT2D eigenvalue weighted by atomic mass is 19.1. The van der Waals surface area contributed by atoms with E-state index in [2.05, 4.69) is 0 Å². The second-order valence-corrected chi connectivity index (χ2v) is 4.89. The molecule has 0 aliphatic carbocycles. The standard InChI is InChI=1S/C16H12F2O2/c1-9-4-15(18)13(6-14(9)17)16(19)10-2-3-11-7-20-8-12(11)5-10/h2-6H,7-8H2,1H3. The third-order valence-electron chi connectivity index (χ3n) is 3.48. The average Bonchev–Trinajstić information content (AvgIpc) is 2.89. The Morgan fingerprint density at radius 3 is 2.60 bits per heavy atom. The summed E-state index contributed by atoms with van der Waals surface area (Å²) in [6.45, 7) is 2.43. The topological polar surface area (TPSA) is 26.3 Å². The first-order chi connectivity index (χ1) is 9.56. The lowest BCUT2D eigenvalue weighted by Crippen LogP contribution is -2.06. The van der Waals surface area contributed by atoms with E-state index in [1.54, 1.807) is 18.2 Å². The quantitative estimate of drug-likeness (QED) is 0.783. The van der Waals surface area contributed by atoms with Gasteiger partial charge in [0.15, 0.2) is 5.78 Å². The van der Waals surface area contributed by atoms with Gasteiger partial charge in [0.05, 0.1) is 18.8 Å². The first-order valence-corrected chi connectivity index (χ1v) is 6.26. The lowest BCUT2D eigenvalue weighted by atomic mass is 9.98. The summed E-state index contributed by atoms with van der Waals surface area (Å²) in [7, 11) is 0. The molecular formula is C16H12F2O2. The van der Waals surface area contributed by atoms with Crippen molar-refractivity contribution in [2.24, 2.45) is 0 Å². The maximum atomic E-state index is 13.8. The van der Waals surface area contributed by atoms with Crippen LogP contribution in [0.5, 0.6) is 0 Å². The third-order valence-corrected chi connectivity index (χ3v) is 3.48. The predicted molar refractivity (Wildman–Crippen MR) is 69.5 cm³/mol. The second kappa shape index (κ2) is 4.80. The van der Waals surface area contributed by atoms with Gasteiger partial charge in [-0.25, -0.2) is 8.78 Å². The van der Waals surface area contributed by atoms with Crippen LogP contribution < -0.4 is 0 Å². The Morgan fingerprint density at radius 2 is 1.80 bits per heavy atom. The minimum absolute atomic E-state index is 0.182. The van der Waals surface area contributed by atoms with Crippen LogP contribution in [0.2, 0.25) is 0 Å². The van der Waals surface area contributed by atoms with E-state index in [4.69, 9.17) is 4.74 Å². The van der Waals surface area contributed by atoms with E-state index >= 15 is 0 Å². The van der Waals surface area contributed by atoms with Crippen LogP contribution in [0, 0.1) is 18.6 Å². The molecule has 102 valence electrons. The van der Waals surface area contributed by atoms with Crippen molar-refractivity contribution in [2.45, 2.75) is 20.1 Å². The zero-order valence-corrected chi connectivity index (χ0v) is 10.9. The fraction of sp³-hybridized carbons (Fsp3) is 0.188. The molecule has 0 radical (unpaired) electrons. The summed E-state index contributed by atoms with van der Waals surface area (Å²) >= 11 is 0. The molecule has 3 rings (SSSR count). The van der Waals surface area contributed by atoms with Gasteiger partial charge in [-0.1, -0.05) is 12.1 Å². The molecule has 1 heterocycles. The molecule has 20 heavy (non-hydrogen) atoms. The molecule has 0 unspecified atom stereocenters. The number of ether oxygens (including phenoxy) is 1. The Bertz CT molecular complexity index is 708. The minimum atomic E-state index is -0.703. The lowest BCUT2D eigenvalue weighted by Gasteiger charge is -2.06. The highest BCUT2D eigenvalue weighted by Crippen LogP contribution is 2.23. The largest absolute Gasteiger partial charge is 0.372 e.